The van der Waals surface area contributed by atoms with Crippen LogP contribution in [0.1, 0.15) is 18.5 Å². The third kappa shape index (κ3) is 3.39. The third-order valence-corrected chi connectivity index (χ3v) is 3.56. The van der Waals surface area contributed by atoms with Crippen LogP contribution < -0.4 is 5.32 Å². The van der Waals surface area contributed by atoms with Gasteiger partial charge in [0.2, 0.25) is 0 Å². The van der Waals surface area contributed by atoms with Crippen LogP contribution in [0.2, 0.25) is 5.02 Å². The molecule has 0 aliphatic carbocycles. The first-order chi connectivity index (χ1) is 8.97. The summed E-state index contributed by atoms with van der Waals surface area (Å²) < 4.78 is 14.5. The molecule has 0 saturated heterocycles. The van der Waals surface area contributed by atoms with Crippen LogP contribution in [0.3, 0.4) is 0 Å². The van der Waals surface area contributed by atoms with Crippen LogP contribution >= 0.6 is 27.5 Å². The molecule has 0 aliphatic heterocycles. The quantitative estimate of drug-likeness (QED) is 0.757. The molecule has 100 valence electrons. The average Bonchev–Trinajstić information content (AvgIpc) is 2.33. The molecule has 2 N–H and O–H groups in total. The van der Waals surface area contributed by atoms with Crippen molar-refractivity contribution in [2.45, 2.75) is 13.0 Å². The number of benzene rings is 2. The van der Waals surface area contributed by atoms with Crippen molar-refractivity contribution in [2.75, 3.05) is 5.32 Å². The molecule has 2 aromatic carbocycles. The van der Waals surface area contributed by atoms with E-state index < -0.39 is 0 Å². The van der Waals surface area contributed by atoms with Crippen molar-refractivity contribution in [3.05, 3.63) is 57.3 Å². The van der Waals surface area contributed by atoms with Crippen molar-refractivity contribution in [1.29, 1.82) is 0 Å². The summed E-state index contributed by atoms with van der Waals surface area (Å²) in [5.74, 6) is -0.256. The zero-order chi connectivity index (χ0) is 14.0. The Balaban J connectivity index is 2.20. The molecule has 1 unspecified atom stereocenters. The first kappa shape index (κ1) is 14.2. The van der Waals surface area contributed by atoms with E-state index in [0.717, 1.165) is 5.69 Å². The predicted octanol–water partition coefficient (Wildman–Crippen LogP) is 5.12. The molecule has 0 amide bonds. The van der Waals surface area contributed by atoms with Crippen LogP contribution in [-0.4, -0.2) is 5.11 Å². The molecule has 0 aromatic heterocycles. The van der Waals surface area contributed by atoms with Gasteiger partial charge in [-0.1, -0.05) is 33.6 Å². The first-order valence-corrected chi connectivity index (χ1v) is 6.84. The summed E-state index contributed by atoms with van der Waals surface area (Å²) in [4.78, 5) is 0. The molecule has 0 saturated carbocycles. The Morgan fingerprint density at radius 2 is 2.00 bits per heavy atom. The van der Waals surface area contributed by atoms with Crippen molar-refractivity contribution in [2.24, 2.45) is 0 Å². The van der Waals surface area contributed by atoms with Gasteiger partial charge in [-0.2, -0.15) is 0 Å². The van der Waals surface area contributed by atoms with Gasteiger partial charge < -0.3 is 10.4 Å². The lowest BCUT2D eigenvalue weighted by Gasteiger charge is -2.17. The van der Waals surface area contributed by atoms with E-state index in [2.05, 4.69) is 21.2 Å². The minimum Gasteiger partial charge on any atom is -0.506 e. The minimum absolute atomic E-state index is 0.0229. The number of anilines is 1. The van der Waals surface area contributed by atoms with Gasteiger partial charge in [0.1, 0.15) is 11.6 Å². The van der Waals surface area contributed by atoms with Gasteiger partial charge in [0.25, 0.3) is 0 Å². The zero-order valence-corrected chi connectivity index (χ0v) is 12.5. The number of aromatic hydroxyl groups is 1. The predicted molar refractivity (Wildman–Crippen MR) is 79.3 cm³/mol. The fourth-order valence-electron chi connectivity index (χ4n) is 1.78. The van der Waals surface area contributed by atoms with Gasteiger partial charge in [0, 0.05) is 15.7 Å². The number of rotatable bonds is 3. The maximum Gasteiger partial charge on any atom is 0.134 e. The highest BCUT2D eigenvalue weighted by atomic mass is 79.9. The lowest BCUT2D eigenvalue weighted by molar-refractivity contribution is 0.475. The second-order valence-electron chi connectivity index (χ2n) is 4.20. The molecule has 1 atom stereocenters. The molecule has 2 aromatic rings. The maximum atomic E-state index is 13.8. The Hall–Kier alpha value is -1.26. The van der Waals surface area contributed by atoms with Crippen molar-refractivity contribution < 1.29 is 9.50 Å². The highest BCUT2D eigenvalue weighted by molar-refractivity contribution is 9.10. The summed E-state index contributed by atoms with van der Waals surface area (Å²) >= 11 is 9.05. The highest BCUT2D eigenvalue weighted by Crippen LogP contribution is 2.29. The standard InChI is InChI=1S/C14H12BrClFNO/c1-8(11-4-2-9(15)6-13(11)17)18-10-3-5-14(19)12(16)7-10/h2-8,18-19H,1H3. The van der Waals surface area contributed by atoms with Crippen LogP contribution in [0.25, 0.3) is 0 Å². The largest absolute Gasteiger partial charge is 0.506 e. The first-order valence-electron chi connectivity index (χ1n) is 5.67. The summed E-state index contributed by atoms with van der Waals surface area (Å²) in [6, 6.07) is 9.51. The van der Waals surface area contributed by atoms with Gasteiger partial charge in [-0.25, -0.2) is 4.39 Å². The van der Waals surface area contributed by atoms with E-state index in [1.807, 2.05) is 6.92 Å². The van der Waals surface area contributed by atoms with E-state index in [-0.39, 0.29) is 22.6 Å². The van der Waals surface area contributed by atoms with Crippen LogP contribution in [0, 0.1) is 5.82 Å². The van der Waals surface area contributed by atoms with Gasteiger partial charge in [-0.3, -0.25) is 0 Å². The van der Waals surface area contributed by atoms with Gasteiger partial charge in [-0.15, -0.1) is 0 Å². The molecule has 0 radical (unpaired) electrons. The third-order valence-electron chi connectivity index (χ3n) is 2.76. The lowest BCUT2D eigenvalue weighted by atomic mass is 10.1. The van der Waals surface area contributed by atoms with Crippen LogP contribution in [0.4, 0.5) is 10.1 Å². The van der Waals surface area contributed by atoms with E-state index in [1.165, 1.54) is 12.1 Å². The minimum atomic E-state index is -0.278. The van der Waals surface area contributed by atoms with Crippen LogP contribution in [-0.2, 0) is 0 Å². The molecular formula is C14H12BrClFNO. The normalized spacial score (nSPS) is 12.2. The highest BCUT2D eigenvalue weighted by Gasteiger charge is 2.11. The van der Waals surface area contributed by atoms with Crippen molar-refractivity contribution >= 4 is 33.2 Å². The molecule has 2 nitrogen and oxygen atoms in total. The van der Waals surface area contributed by atoms with Crippen molar-refractivity contribution in [1.82, 2.24) is 0 Å². The Morgan fingerprint density at radius 3 is 2.63 bits per heavy atom. The van der Waals surface area contributed by atoms with E-state index in [9.17, 15) is 9.50 Å². The van der Waals surface area contributed by atoms with Gasteiger partial charge in [0.05, 0.1) is 11.1 Å². The molecule has 0 fully saturated rings. The summed E-state index contributed by atoms with van der Waals surface area (Å²) in [6.07, 6.45) is 0. The molecule has 19 heavy (non-hydrogen) atoms. The Kier molecular flexibility index (Phi) is 4.32. The fraction of sp³-hybridized carbons (Fsp3) is 0.143. The molecule has 0 spiro atoms. The number of phenols is 1. The molecule has 0 aliphatic rings. The smallest absolute Gasteiger partial charge is 0.134 e. The second kappa shape index (κ2) is 5.80. The summed E-state index contributed by atoms with van der Waals surface area (Å²) in [6.45, 7) is 1.85. The van der Waals surface area contributed by atoms with Crippen molar-refractivity contribution in [3.8, 4) is 5.75 Å². The van der Waals surface area contributed by atoms with E-state index >= 15 is 0 Å². The Bertz CT molecular complexity index is 606. The number of hydrogen-bond donors (Lipinski definition) is 2. The van der Waals surface area contributed by atoms with Gasteiger partial charge >= 0.3 is 0 Å². The average molecular weight is 345 g/mol. The number of phenolic OH excluding ortho intramolecular Hbond substituents is 1. The van der Waals surface area contributed by atoms with E-state index in [1.54, 1.807) is 24.3 Å². The summed E-state index contributed by atoms with van der Waals surface area (Å²) in [5, 5.41) is 12.7. The number of hydrogen-bond acceptors (Lipinski definition) is 2. The molecular weight excluding hydrogens is 333 g/mol. The molecule has 0 bridgehead atoms. The second-order valence-corrected chi connectivity index (χ2v) is 5.52. The molecule has 0 heterocycles. The van der Waals surface area contributed by atoms with Crippen LogP contribution in [0.15, 0.2) is 40.9 Å². The Morgan fingerprint density at radius 1 is 1.26 bits per heavy atom. The SMILES string of the molecule is CC(Nc1ccc(O)c(Cl)c1)c1ccc(Br)cc1F. The fourth-order valence-corrected chi connectivity index (χ4v) is 2.29. The monoisotopic (exact) mass is 343 g/mol. The lowest BCUT2D eigenvalue weighted by Crippen LogP contribution is -2.08. The number of nitrogens with one attached hydrogen (secondary N) is 1. The van der Waals surface area contributed by atoms with E-state index in [0.29, 0.717) is 10.0 Å². The van der Waals surface area contributed by atoms with Crippen molar-refractivity contribution in [3.63, 3.8) is 0 Å². The molecule has 2 rings (SSSR count). The Labute approximate surface area is 124 Å². The van der Waals surface area contributed by atoms with Gasteiger partial charge in [-0.05, 0) is 37.3 Å². The summed E-state index contributed by atoms with van der Waals surface area (Å²) in [5.41, 5.74) is 1.28. The maximum absolute atomic E-state index is 13.8. The van der Waals surface area contributed by atoms with E-state index in [4.69, 9.17) is 11.6 Å². The van der Waals surface area contributed by atoms with Crippen LogP contribution in [0.5, 0.6) is 5.75 Å². The topological polar surface area (TPSA) is 32.3 Å². The van der Waals surface area contributed by atoms with Gasteiger partial charge in [0.15, 0.2) is 0 Å². The summed E-state index contributed by atoms with van der Waals surface area (Å²) in [7, 11) is 0. The molecule has 5 heteroatoms. The number of halogens is 3. The zero-order valence-electron chi connectivity index (χ0n) is 10.1.